The fourth-order valence-electron chi connectivity index (χ4n) is 6.38. The van der Waals surface area contributed by atoms with E-state index in [1.54, 1.807) is 0 Å². The third-order valence-corrected chi connectivity index (χ3v) is 10.3. The quantitative estimate of drug-likeness (QED) is 0.262. The first kappa shape index (κ1) is 21.8. The molecule has 4 aromatic rings. The molecule has 6 heteroatoms. The molecule has 8 rings (SSSR count). The zero-order chi connectivity index (χ0) is 24.7. The van der Waals surface area contributed by atoms with E-state index >= 15 is 0 Å². The van der Waals surface area contributed by atoms with Crippen molar-refractivity contribution in [2.75, 3.05) is 39.4 Å². The van der Waals surface area contributed by atoms with Crippen molar-refractivity contribution in [1.82, 2.24) is 0 Å². The molecule has 4 aromatic carbocycles. The highest BCUT2D eigenvalue weighted by Crippen LogP contribution is 2.54. The van der Waals surface area contributed by atoms with Gasteiger partial charge in [0.15, 0.2) is 0 Å². The van der Waals surface area contributed by atoms with Gasteiger partial charge in [-0.25, -0.2) is 0 Å². The fourth-order valence-corrected chi connectivity index (χ4v) is 8.66. The van der Waals surface area contributed by atoms with Crippen LogP contribution in [0.2, 0.25) is 0 Å². The van der Waals surface area contributed by atoms with E-state index in [0.717, 1.165) is 32.8 Å². The maximum absolute atomic E-state index is 2.58. The molecule has 0 spiro atoms. The van der Waals surface area contributed by atoms with Gasteiger partial charge in [-0.2, -0.15) is 0 Å². The summed E-state index contributed by atoms with van der Waals surface area (Å²) in [5.74, 6) is 0. The first-order valence-corrected chi connectivity index (χ1v) is 14.8. The Hall–Kier alpha value is -3.22. The Morgan fingerprint density at radius 2 is 1.00 bits per heavy atom. The highest BCUT2D eigenvalue weighted by molar-refractivity contribution is 8.00. The number of fused-ring (bicyclic) bond motifs is 10. The number of rotatable bonds is 2. The molecule has 0 aliphatic carbocycles. The molecule has 0 aromatic heterocycles. The second-order valence-corrected chi connectivity index (χ2v) is 12.2. The number of nitrogens with zero attached hydrogens (tertiary/aromatic N) is 4. The van der Waals surface area contributed by atoms with E-state index in [-0.39, 0.29) is 0 Å². The van der Waals surface area contributed by atoms with E-state index in [2.05, 4.69) is 106 Å². The van der Waals surface area contributed by atoms with Crippen LogP contribution in [0.15, 0.2) is 92.4 Å². The summed E-state index contributed by atoms with van der Waals surface area (Å²) in [7, 11) is 0. The number of anilines is 6. The zero-order valence-corrected chi connectivity index (χ0v) is 22.7. The molecule has 0 atom stereocenters. The van der Waals surface area contributed by atoms with E-state index in [1.807, 2.05) is 23.5 Å². The smallest absolute Gasteiger partial charge is 0.0910 e. The average molecular weight is 521 g/mol. The van der Waals surface area contributed by atoms with Crippen LogP contribution < -0.4 is 19.6 Å². The topological polar surface area (TPSA) is 13.0 Å². The van der Waals surface area contributed by atoms with Crippen LogP contribution in [0.5, 0.6) is 0 Å². The normalized spacial score (nSPS) is 16.4. The molecule has 2 bridgehead atoms. The summed E-state index contributed by atoms with van der Waals surface area (Å²) in [6.45, 7) is 9.31. The van der Waals surface area contributed by atoms with Crippen LogP contribution in [0.25, 0.3) is 0 Å². The second kappa shape index (κ2) is 8.14. The van der Waals surface area contributed by atoms with E-state index in [9.17, 15) is 0 Å². The third kappa shape index (κ3) is 3.18. The number of para-hydroxylation sites is 2. The third-order valence-electron chi connectivity index (χ3n) is 8.03. The van der Waals surface area contributed by atoms with Gasteiger partial charge in [0.25, 0.3) is 0 Å². The van der Waals surface area contributed by atoms with Crippen molar-refractivity contribution in [3.05, 3.63) is 83.9 Å². The highest BCUT2D eigenvalue weighted by Gasteiger charge is 2.34. The van der Waals surface area contributed by atoms with Gasteiger partial charge in [0.1, 0.15) is 0 Å². The molecule has 0 saturated heterocycles. The molecule has 0 fully saturated rings. The molecule has 0 radical (unpaired) electrons. The predicted octanol–water partition coefficient (Wildman–Crippen LogP) is 8.23. The summed E-state index contributed by atoms with van der Waals surface area (Å²) < 4.78 is 0. The van der Waals surface area contributed by atoms with Crippen LogP contribution in [0.4, 0.5) is 34.1 Å². The lowest BCUT2D eigenvalue weighted by Gasteiger charge is -2.46. The highest BCUT2D eigenvalue weighted by atomic mass is 32.2. The van der Waals surface area contributed by atoms with Gasteiger partial charge in [0.2, 0.25) is 0 Å². The average Bonchev–Trinajstić information content (AvgIpc) is 2.93. The summed E-state index contributed by atoms with van der Waals surface area (Å²) in [5, 5.41) is 0. The van der Waals surface area contributed by atoms with Crippen molar-refractivity contribution >= 4 is 57.6 Å². The molecule has 0 N–H and O–H groups in total. The lowest BCUT2D eigenvalue weighted by Crippen LogP contribution is -2.46. The van der Waals surface area contributed by atoms with Gasteiger partial charge in [-0.05, 0) is 73.5 Å². The van der Waals surface area contributed by atoms with Crippen LogP contribution >= 0.6 is 23.5 Å². The van der Waals surface area contributed by atoms with E-state index in [1.165, 1.54) is 64.8 Å². The first-order valence-electron chi connectivity index (χ1n) is 13.1. The van der Waals surface area contributed by atoms with Gasteiger partial charge in [-0.3, -0.25) is 0 Å². The lowest BCUT2D eigenvalue weighted by molar-refractivity contribution is 0.648. The fraction of sp³-hybridized carbons (Fsp3) is 0.226. The van der Waals surface area contributed by atoms with E-state index < -0.39 is 0 Å². The van der Waals surface area contributed by atoms with Gasteiger partial charge in [0.05, 0.1) is 29.4 Å². The summed E-state index contributed by atoms with van der Waals surface area (Å²) in [6.07, 6.45) is 0. The molecule has 4 aliphatic heterocycles. The van der Waals surface area contributed by atoms with E-state index in [0.29, 0.717) is 0 Å². The van der Waals surface area contributed by atoms with Crippen LogP contribution in [0.1, 0.15) is 25.0 Å². The van der Waals surface area contributed by atoms with Crippen molar-refractivity contribution in [2.24, 2.45) is 0 Å². The lowest BCUT2D eigenvalue weighted by atomic mass is 10.00. The minimum atomic E-state index is 0.948. The summed E-state index contributed by atoms with van der Waals surface area (Å²) in [6, 6.07) is 27.5. The Kier molecular flexibility index (Phi) is 4.80. The van der Waals surface area contributed by atoms with Gasteiger partial charge in [0, 0.05) is 57.1 Å². The van der Waals surface area contributed by atoms with Gasteiger partial charge in [-0.1, -0.05) is 47.8 Å². The SMILES string of the molecule is CCN1c2ccccc2Sc2cc3c(cc21)N1Cc2cc4c(cc2N(C3)C1)N(CC)c1ccccc1S4. The Bertz CT molecular complexity index is 1460. The molecular formula is C31H28N4S2. The number of hydrogen-bond donors (Lipinski definition) is 0. The summed E-state index contributed by atoms with van der Waals surface area (Å²) in [4.78, 5) is 15.6. The van der Waals surface area contributed by atoms with Crippen molar-refractivity contribution in [2.45, 2.75) is 46.5 Å². The standard InChI is InChI=1S/C31H28N4S2/c1-3-34-22-9-5-7-11-28(22)36-30-13-20-17-33-19-32(24(20)15-26(30)34)18-21-14-31-27(16-25(21)33)35(4-2)23-10-6-8-12-29(23)37-31/h5-16H,3-4,17-19H2,1-2H3. The molecular weight excluding hydrogens is 493 g/mol. The molecule has 0 saturated carbocycles. The minimum absolute atomic E-state index is 0.948. The summed E-state index contributed by atoms with van der Waals surface area (Å²) >= 11 is 3.83. The first-order chi connectivity index (χ1) is 18.2. The monoisotopic (exact) mass is 520 g/mol. The second-order valence-electron chi connectivity index (χ2n) is 10.1. The van der Waals surface area contributed by atoms with Crippen LogP contribution in [0, 0.1) is 0 Å². The van der Waals surface area contributed by atoms with Crippen molar-refractivity contribution in [3.8, 4) is 0 Å². The van der Waals surface area contributed by atoms with E-state index in [4.69, 9.17) is 0 Å². The number of hydrogen-bond acceptors (Lipinski definition) is 6. The van der Waals surface area contributed by atoms with Crippen molar-refractivity contribution < 1.29 is 0 Å². The van der Waals surface area contributed by atoms with Gasteiger partial charge >= 0.3 is 0 Å². The Morgan fingerprint density at radius 1 is 0.541 bits per heavy atom. The van der Waals surface area contributed by atoms with Gasteiger partial charge < -0.3 is 19.6 Å². The van der Waals surface area contributed by atoms with Crippen LogP contribution in [-0.2, 0) is 13.1 Å². The Morgan fingerprint density at radius 3 is 1.46 bits per heavy atom. The van der Waals surface area contributed by atoms with Crippen molar-refractivity contribution in [1.29, 1.82) is 0 Å². The zero-order valence-electron chi connectivity index (χ0n) is 21.1. The van der Waals surface area contributed by atoms with Crippen LogP contribution in [0.3, 0.4) is 0 Å². The molecule has 0 unspecified atom stereocenters. The maximum Gasteiger partial charge on any atom is 0.0910 e. The van der Waals surface area contributed by atoms with Crippen molar-refractivity contribution in [3.63, 3.8) is 0 Å². The molecule has 4 aliphatic rings. The molecule has 4 heterocycles. The molecule has 184 valence electrons. The van der Waals surface area contributed by atoms with Gasteiger partial charge in [-0.15, -0.1) is 0 Å². The largest absolute Gasteiger partial charge is 0.349 e. The number of benzene rings is 4. The molecule has 0 amide bonds. The molecule has 4 nitrogen and oxygen atoms in total. The minimum Gasteiger partial charge on any atom is -0.349 e. The molecule has 37 heavy (non-hydrogen) atoms. The Labute approximate surface area is 226 Å². The maximum atomic E-state index is 2.58. The predicted molar refractivity (Wildman–Crippen MR) is 157 cm³/mol. The van der Waals surface area contributed by atoms with Crippen LogP contribution in [-0.4, -0.2) is 19.8 Å². The summed E-state index contributed by atoms with van der Waals surface area (Å²) in [5.41, 5.74) is 11.0. The Balaban J connectivity index is 1.20.